The van der Waals surface area contributed by atoms with Gasteiger partial charge in [-0.05, 0) is 11.4 Å². The van der Waals surface area contributed by atoms with Gasteiger partial charge in [0.2, 0.25) is 11.6 Å². The second kappa shape index (κ2) is 7.09. The molecule has 2 aromatic heterocycles. The molecule has 1 saturated heterocycles. The number of aromatic nitrogens is 2. The first kappa shape index (κ1) is 17.5. The molecule has 2 aliphatic rings. The number of carbonyl (C=O) groups excluding carboxylic acids is 2. The molecular weight excluding hydrogens is 374 g/mol. The summed E-state index contributed by atoms with van der Waals surface area (Å²) in [6, 6.07) is 8.98. The maximum absolute atomic E-state index is 13.3. The maximum Gasteiger partial charge on any atom is 0.214 e. The summed E-state index contributed by atoms with van der Waals surface area (Å²) >= 11 is 1.57. The van der Waals surface area contributed by atoms with Crippen LogP contribution in [0.25, 0.3) is 11.4 Å². The topological polar surface area (TPSA) is 64.4 Å². The van der Waals surface area contributed by atoms with Crippen molar-refractivity contribution >= 4 is 22.9 Å². The molecule has 0 spiro atoms. The van der Waals surface area contributed by atoms with Crippen LogP contribution in [0.5, 0.6) is 0 Å². The lowest BCUT2D eigenvalue weighted by atomic mass is 9.90. The third-order valence-corrected chi connectivity index (χ3v) is 6.02. The Morgan fingerprint density at radius 3 is 2.46 bits per heavy atom. The van der Waals surface area contributed by atoms with E-state index < -0.39 is 0 Å². The van der Waals surface area contributed by atoms with Gasteiger partial charge >= 0.3 is 0 Å². The van der Waals surface area contributed by atoms with E-state index in [1.807, 2.05) is 21.4 Å². The van der Waals surface area contributed by atoms with Crippen molar-refractivity contribution in [3.05, 3.63) is 63.6 Å². The zero-order chi connectivity index (χ0) is 19.1. The van der Waals surface area contributed by atoms with E-state index in [4.69, 9.17) is 4.74 Å². The Balaban J connectivity index is 1.59. The zero-order valence-electron chi connectivity index (χ0n) is 15.3. The van der Waals surface area contributed by atoms with E-state index in [0.29, 0.717) is 29.2 Å². The molecule has 0 saturated carbocycles. The SMILES string of the molecule is O=C1c2ccccc2C(=O)c2c1nc(-c1ccsc1)n2CCN1CCOCC1. The summed E-state index contributed by atoms with van der Waals surface area (Å²) < 4.78 is 7.36. The van der Waals surface area contributed by atoms with Crippen LogP contribution in [0.1, 0.15) is 32.1 Å². The number of hydrogen-bond acceptors (Lipinski definition) is 6. The first-order valence-electron chi connectivity index (χ1n) is 9.35. The van der Waals surface area contributed by atoms with Crippen LogP contribution in [0.2, 0.25) is 0 Å². The van der Waals surface area contributed by atoms with Crippen molar-refractivity contribution in [2.45, 2.75) is 6.54 Å². The molecule has 0 N–H and O–H groups in total. The van der Waals surface area contributed by atoms with Crippen molar-refractivity contribution in [2.75, 3.05) is 32.8 Å². The molecular formula is C21H19N3O3S. The van der Waals surface area contributed by atoms with E-state index in [1.165, 1.54) is 0 Å². The second-order valence-electron chi connectivity index (χ2n) is 6.95. The lowest BCUT2D eigenvalue weighted by molar-refractivity contribution is 0.0363. The Kier molecular flexibility index (Phi) is 4.43. The fourth-order valence-electron chi connectivity index (χ4n) is 3.87. The molecule has 1 fully saturated rings. The van der Waals surface area contributed by atoms with Gasteiger partial charge in [0.1, 0.15) is 17.2 Å². The number of thiophene rings is 1. The number of carbonyl (C=O) groups is 2. The average Bonchev–Trinajstić information content (AvgIpc) is 3.39. The first-order valence-corrected chi connectivity index (χ1v) is 10.3. The molecule has 1 aliphatic carbocycles. The highest BCUT2D eigenvalue weighted by Gasteiger charge is 2.36. The number of fused-ring (bicyclic) bond motifs is 2. The number of ketones is 2. The van der Waals surface area contributed by atoms with Crippen LogP contribution in [0.3, 0.4) is 0 Å². The van der Waals surface area contributed by atoms with Gasteiger partial charge in [-0.25, -0.2) is 4.98 Å². The lowest BCUT2D eigenvalue weighted by Crippen LogP contribution is -2.38. The molecule has 1 aliphatic heterocycles. The van der Waals surface area contributed by atoms with Crippen molar-refractivity contribution < 1.29 is 14.3 Å². The predicted molar refractivity (Wildman–Crippen MR) is 106 cm³/mol. The van der Waals surface area contributed by atoms with Crippen LogP contribution in [0, 0.1) is 0 Å². The van der Waals surface area contributed by atoms with Crippen LogP contribution in [-0.2, 0) is 11.3 Å². The Morgan fingerprint density at radius 2 is 1.75 bits per heavy atom. The Bertz CT molecular complexity index is 1050. The molecule has 142 valence electrons. The number of benzene rings is 1. The quantitative estimate of drug-likeness (QED) is 0.533. The highest BCUT2D eigenvalue weighted by atomic mass is 32.1. The summed E-state index contributed by atoms with van der Waals surface area (Å²) in [6.45, 7) is 4.59. The molecule has 3 heterocycles. The minimum atomic E-state index is -0.174. The Hall–Kier alpha value is -2.61. The first-order chi connectivity index (χ1) is 13.7. The number of nitrogens with zero attached hydrogens (tertiary/aromatic N) is 3. The van der Waals surface area contributed by atoms with E-state index in [-0.39, 0.29) is 17.3 Å². The molecule has 5 rings (SSSR count). The van der Waals surface area contributed by atoms with Gasteiger partial charge in [-0.3, -0.25) is 14.5 Å². The van der Waals surface area contributed by atoms with Gasteiger partial charge in [0.05, 0.1) is 13.2 Å². The zero-order valence-corrected chi connectivity index (χ0v) is 16.1. The Labute approximate surface area is 166 Å². The molecule has 0 radical (unpaired) electrons. The molecule has 0 bridgehead atoms. The average molecular weight is 393 g/mol. The number of hydrogen-bond donors (Lipinski definition) is 0. The highest BCUT2D eigenvalue weighted by Crippen LogP contribution is 2.32. The van der Waals surface area contributed by atoms with E-state index in [0.717, 1.165) is 38.4 Å². The summed E-state index contributed by atoms with van der Waals surface area (Å²) in [5, 5.41) is 3.98. The third-order valence-electron chi connectivity index (χ3n) is 5.34. The van der Waals surface area contributed by atoms with E-state index >= 15 is 0 Å². The molecule has 6 nitrogen and oxygen atoms in total. The van der Waals surface area contributed by atoms with Crippen molar-refractivity contribution in [3.63, 3.8) is 0 Å². The van der Waals surface area contributed by atoms with Crippen LogP contribution < -0.4 is 0 Å². The van der Waals surface area contributed by atoms with Gasteiger partial charge in [-0.1, -0.05) is 24.3 Å². The minimum absolute atomic E-state index is 0.124. The summed E-state index contributed by atoms with van der Waals surface area (Å²) in [6.07, 6.45) is 0. The molecule has 7 heteroatoms. The molecule has 0 unspecified atom stereocenters. The van der Waals surface area contributed by atoms with Crippen molar-refractivity contribution in [2.24, 2.45) is 0 Å². The summed E-state index contributed by atoms with van der Waals surface area (Å²) in [5.41, 5.74) is 2.52. The standard InChI is InChI=1S/C21H19N3O3S/c25-19-15-3-1-2-4-16(15)20(26)18-17(19)22-21(14-5-12-28-13-14)24(18)7-6-23-8-10-27-11-9-23/h1-5,12-13H,6-11H2. The summed E-state index contributed by atoms with van der Waals surface area (Å²) in [4.78, 5) is 33.3. The van der Waals surface area contributed by atoms with E-state index in [1.54, 1.807) is 35.6 Å². The van der Waals surface area contributed by atoms with E-state index in [9.17, 15) is 9.59 Å². The highest BCUT2D eigenvalue weighted by molar-refractivity contribution is 7.08. The molecule has 0 atom stereocenters. The van der Waals surface area contributed by atoms with Crippen molar-refractivity contribution in [1.29, 1.82) is 0 Å². The van der Waals surface area contributed by atoms with Crippen molar-refractivity contribution in [1.82, 2.24) is 14.5 Å². The van der Waals surface area contributed by atoms with Crippen LogP contribution >= 0.6 is 11.3 Å². The smallest absolute Gasteiger partial charge is 0.214 e. The minimum Gasteiger partial charge on any atom is -0.379 e. The largest absolute Gasteiger partial charge is 0.379 e. The number of imidazole rings is 1. The third kappa shape index (κ3) is 2.83. The maximum atomic E-state index is 13.3. The summed E-state index contributed by atoms with van der Waals surface area (Å²) in [5.74, 6) is 0.391. The number of morpholine rings is 1. The van der Waals surface area contributed by atoms with Crippen LogP contribution in [0.15, 0.2) is 41.1 Å². The fourth-order valence-corrected chi connectivity index (χ4v) is 4.51. The number of rotatable bonds is 4. The van der Waals surface area contributed by atoms with Gasteiger partial charge in [0.15, 0.2) is 0 Å². The molecule has 0 amide bonds. The lowest BCUT2D eigenvalue weighted by Gasteiger charge is -2.27. The van der Waals surface area contributed by atoms with Gasteiger partial charge in [0.25, 0.3) is 0 Å². The Morgan fingerprint density at radius 1 is 1.00 bits per heavy atom. The molecule has 3 aromatic rings. The van der Waals surface area contributed by atoms with Gasteiger partial charge in [-0.15, -0.1) is 0 Å². The van der Waals surface area contributed by atoms with Crippen molar-refractivity contribution in [3.8, 4) is 11.4 Å². The van der Waals surface area contributed by atoms with Crippen LogP contribution in [0.4, 0.5) is 0 Å². The normalized spacial score (nSPS) is 16.9. The fraction of sp³-hybridized carbons (Fsp3) is 0.286. The predicted octanol–water partition coefficient (Wildman–Crippen LogP) is 2.72. The molecule has 1 aromatic carbocycles. The second-order valence-corrected chi connectivity index (χ2v) is 7.73. The monoisotopic (exact) mass is 393 g/mol. The van der Waals surface area contributed by atoms with Gasteiger partial charge in [0, 0.05) is 48.2 Å². The summed E-state index contributed by atoms with van der Waals surface area (Å²) in [7, 11) is 0. The molecule has 28 heavy (non-hydrogen) atoms. The van der Waals surface area contributed by atoms with Gasteiger partial charge < -0.3 is 9.30 Å². The van der Waals surface area contributed by atoms with Gasteiger partial charge in [-0.2, -0.15) is 11.3 Å². The van der Waals surface area contributed by atoms with Crippen LogP contribution in [-0.4, -0.2) is 58.9 Å². The van der Waals surface area contributed by atoms with E-state index in [2.05, 4.69) is 9.88 Å². The number of ether oxygens (including phenoxy) is 1.